The van der Waals surface area contributed by atoms with Gasteiger partial charge in [0.05, 0.1) is 19.3 Å². The highest BCUT2D eigenvalue weighted by atomic mass is 16.5. The minimum absolute atomic E-state index is 0.168. The van der Waals surface area contributed by atoms with E-state index in [0.717, 1.165) is 24.2 Å². The van der Waals surface area contributed by atoms with Gasteiger partial charge in [0.15, 0.2) is 11.5 Å². The van der Waals surface area contributed by atoms with Gasteiger partial charge in [-0.3, -0.25) is 9.78 Å². The first-order valence-corrected chi connectivity index (χ1v) is 8.77. The Labute approximate surface area is 149 Å². The average Bonchev–Trinajstić information content (AvgIpc) is 2.65. The number of pyridine rings is 1. The Morgan fingerprint density at radius 2 is 1.80 bits per heavy atom. The van der Waals surface area contributed by atoms with Crippen LogP contribution >= 0.6 is 0 Å². The standard InChI is InChI=1S/C20H26N2O3/c1-4-12-24-18-10-9-16(14-19(18)25-13-5-2)15(3)22-20(23)17-8-6-7-11-21-17/h6-11,14-15H,4-5,12-13H2,1-3H3,(H,22,23)/t15-/m1/s1. The topological polar surface area (TPSA) is 60.5 Å². The molecule has 5 nitrogen and oxygen atoms in total. The van der Waals surface area contributed by atoms with E-state index >= 15 is 0 Å². The zero-order chi connectivity index (χ0) is 18.1. The summed E-state index contributed by atoms with van der Waals surface area (Å²) in [4.78, 5) is 16.3. The van der Waals surface area contributed by atoms with Crippen LogP contribution in [0.5, 0.6) is 11.5 Å². The lowest BCUT2D eigenvalue weighted by Crippen LogP contribution is -2.27. The van der Waals surface area contributed by atoms with Crippen molar-refractivity contribution in [3.63, 3.8) is 0 Å². The van der Waals surface area contributed by atoms with E-state index in [1.807, 2.05) is 25.1 Å². The van der Waals surface area contributed by atoms with E-state index < -0.39 is 0 Å². The second-order valence-electron chi connectivity index (χ2n) is 5.81. The van der Waals surface area contributed by atoms with Crippen LogP contribution in [0.1, 0.15) is 55.7 Å². The number of carbonyl (C=O) groups excluding carboxylic acids is 1. The molecule has 134 valence electrons. The maximum atomic E-state index is 12.3. The normalized spacial score (nSPS) is 11.6. The van der Waals surface area contributed by atoms with E-state index in [2.05, 4.69) is 24.1 Å². The molecule has 1 N–H and O–H groups in total. The Balaban J connectivity index is 2.12. The van der Waals surface area contributed by atoms with Crippen molar-refractivity contribution in [3.8, 4) is 11.5 Å². The van der Waals surface area contributed by atoms with Crippen molar-refractivity contribution >= 4 is 5.91 Å². The van der Waals surface area contributed by atoms with Crippen LogP contribution in [-0.2, 0) is 0 Å². The van der Waals surface area contributed by atoms with Gasteiger partial charge in [-0.05, 0) is 49.6 Å². The van der Waals surface area contributed by atoms with Crippen LogP contribution in [0.3, 0.4) is 0 Å². The number of nitrogens with zero attached hydrogens (tertiary/aromatic N) is 1. The summed E-state index contributed by atoms with van der Waals surface area (Å²) in [6, 6.07) is 10.9. The summed E-state index contributed by atoms with van der Waals surface area (Å²) in [5.74, 6) is 1.25. The Morgan fingerprint density at radius 3 is 2.44 bits per heavy atom. The smallest absolute Gasteiger partial charge is 0.270 e. The number of benzene rings is 1. The van der Waals surface area contributed by atoms with Crippen molar-refractivity contribution in [2.24, 2.45) is 0 Å². The second kappa shape index (κ2) is 9.67. The number of hydrogen-bond acceptors (Lipinski definition) is 4. The summed E-state index contributed by atoms with van der Waals surface area (Å²) in [5.41, 5.74) is 1.36. The Hall–Kier alpha value is -2.56. The van der Waals surface area contributed by atoms with Gasteiger partial charge in [0.2, 0.25) is 0 Å². The molecule has 0 saturated carbocycles. The van der Waals surface area contributed by atoms with Gasteiger partial charge >= 0.3 is 0 Å². The van der Waals surface area contributed by atoms with Gasteiger partial charge in [-0.25, -0.2) is 0 Å². The first kappa shape index (κ1) is 18.8. The predicted molar refractivity (Wildman–Crippen MR) is 98.1 cm³/mol. The summed E-state index contributed by atoms with van der Waals surface area (Å²) < 4.78 is 11.6. The number of nitrogens with one attached hydrogen (secondary N) is 1. The van der Waals surface area contributed by atoms with Crippen molar-refractivity contribution in [1.82, 2.24) is 10.3 Å². The molecule has 1 aromatic heterocycles. The van der Waals surface area contributed by atoms with E-state index in [1.165, 1.54) is 0 Å². The van der Waals surface area contributed by atoms with Gasteiger partial charge in [0.1, 0.15) is 5.69 Å². The summed E-state index contributed by atoms with van der Waals surface area (Å²) in [6.07, 6.45) is 3.46. The summed E-state index contributed by atoms with van der Waals surface area (Å²) in [5, 5.41) is 2.96. The molecule has 0 bridgehead atoms. The molecule has 0 saturated heterocycles. The minimum Gasteiger partial charge on any atom is -0.490 e. The van der Waals surface area contributed by atoms with Crippen LogP contribution in [0.4, 0.5) is 0 Å². The molecule has 0 aliphatic carbocycles. The Bertz CT molecular complexity index is 674. The molecule has 5 heteroatoms. The van der Waals surface area contributed by atoms with E-state index in [0.29, 0.717) is 24.7 Å². The Kier molecular flexibility index (Phi) is 7.26. The molecule has 0 unspecified atom stereocenters. The molecule has 1 heterocycles. The fourth-order valence-corrected chi connectivity index (χ4v) is 2.30. The van der Waals surface area contributed by atoms with E-state index in [4.69, 9.17) is 9.47 Å². The minimum atomic E-state index is -0.199. The lowest BCUT2D eigenvalue weighted by molar-refractivity contribution is 0.0934. The molecular weight excluding hydrogens is 316 g/mol. The van der Waals surface area contributed by atoms with Crippen LogP contribution in [-0.4, -0.2) is 24.1 Å². The highest BCUT2D eigenvalue weighted by Crippen LogP contribution is 2.31. The monoisotopic (exact) mass is 342 g/mol. The van der Waals surface area contributed by atoms with Gasteiger partial charge in [-0.1, -0.05) is 26.0 Å². The molecule has 1 atom stereocenters. The molecule has 2 rings (SSSR count). The van der Waals surface area contributed by atoms with E-state index in [9.17, 15) is 4.79 Å². The number of amides is 1. The predicted octanol–water partition coefficient (Wildman–Crippen LogP) is 4.15. The van der Waals surface area contributed by atoms with Gasteiger partial charge in [0, 0.05) is 6.20 Å². The third kappa shape index (κ3) is 5.48. The zero-order valence-corrected chi connectivity index (χ0v) is 15.1. The SMILES string of the molecule is CCCOc1ccc([C@@H](C)NC(=O)c2ccccn2)cc1OCCC. The van der Waals surface area contributed by atoms with Crippen molar-refractivity contribution in [1.29, 1.82) is 0 Å². The quantitative estimate of drug-likeness (QED) is 0.744. The fourth-order valence-electron chi connectivity index (χ4n) is 2.30. The van der Waals surface area contributed by atoms with Crippen LogP contribution in [0, 0.1) is 0 Å². The molecule has 1 amide bonds. The highest BCUT2D eigenvalue weighted by Gasteiger charge is 2.15. The Morgan fingerprint density at radius 1 is 1.08 bits per heavy atom. The van der Waals surface area contributed by atoms with Gasteiger partial charge in [-0.2, -0.15) is 0 Å². The number of aromatic nitrogens is 1. The lowest BCUT2D eigenvalue weighted by Gasteiger charge is -2.18. The lowest BCUT2D eigenvalue weighted by atomic mass is 10.1. The van der Waals surface area contributed by atoms with Gasteiger partial charge < -0.3 is 14.8 Å². The van der Waals surface area contributed by atoms with Crippen molar-refractivity contribution < 1.29 is 14.3 Å². The van der Waals surface area contributed by atoms with Gasteiger partial charge in [0.25, 0.3) is 5.91 Å². The molecular formula is C20H26N2O3. The molecule has 0 radical (unpaired) electrons. The molecule has 0 aliphatic heterocycles. The van der Waals surface area contributed by atoms with E-state index in [-0.39, 0.29) is 11.9 Å². The van der Waals surface area contributed by atoms with Crippen LogP contribution in [0.25, 0.3) is 0 Å². The maximum absolute atomic E-state index is 12.3. The summed E-state index contributed by atoms with van der Waals surface area (Å²) in [7, 11) is 0. The third-order valence-electron chi connectivity index (χ3n) is 3.64. The van der Waals surface area contributed by atoms with Crippen LogP contribution < -0.4 is 14.8 Å². The maximum Gasteiger partial charge on any atom is 0.270 e. The molecule has 0 fully saturated rings. The largest absolute Gasteiger partial charge is 0.490 e. The van der Waals surface area contributed by atoms with E-state index in [1.54, 1.807) is 24.4 Å². The van der Waals surface area contributed by atoms with Crippen LogP contribution in [0.2, 0.25) is 0 Å². The summed E-state index contributed by atoms with van der Waals surface area (Å²) in [6.45, 7) is 7.34. The number of rotatable bonds is 9. The van der Waals surface area contributed by atoms with Crippen molar-refractivity contribution in [2.75, 3.05) is 13.2 Å². The highest BCUT2D eigenvalue weighted by molar-refractivity contribution is 5.92. The number of ether oxygens (including phenoxy) is 2. The molecule has 0 spiro atoms. The van der Waals surface area contributed by atoms with Crippen molar-refractivity contribution in [3.05, 3.63) is 53.9 Å². The number of carbonyl (C=O) groups is 1. The zero-order valence-electron chi connectivity index (χ0n) is 15.1. The average molecular weight is 342 g/mol. The first-order valence-electron chi connectivity index (χ1n) is 8.77. The molecule has 25 heavy (non-hydrogen) atoms. The first-order chi connectivity index (χ1) is 12.2. The second-order valence-corrected chi connectivity index (χ2v) is 5.81. The number of hydrogen-bond donors (Lipinski definition) is 1. The van der Waals surface area contributed by atoms with Crippen LogP contribution in [0.15, 0.2) is 42.6 Å². The summed E-state index contributed by atoms with van der Waals surface area (Å²) >= 11 is 0. The molecule has 1 aromatic carbocycles. The fraction of sp³-hybridized carbons (Fsp3) is 0.400. The molecule has 2 aromatic rings. The van der Waals surface area contributed by atoms with Crippen molar-refractivity contribution in [2.45, 2.75) is 39.7 Å². The van der Waals surface area contributed by atoms with Gasteiger partial charge in [-0.15, -0.1) is 0 Å². The molecule has 0 aliphatic rings. The third-order valence-corrected chi connectivity index (χ3v) is 3.64.